The van der Waals surface area contributed by atoms with Gasteiger partial charge >= 0.3 is 0 Å². The molecule has 0 aliphatic heterocycles. The summed E-state index contributed by atoms with van der Waals surface area (Å²) in [6, 6.07) is 12.2. The molecular weight excluding hydrogens is 292 g/mol. The first-order valence-corrected chi connectivity index (χ1v) is 8.34. The lowest BCUT2D eigenvalue weighted by molar-refractivity contribution is 0.600. The zero-order valence-electron chi connectivity index (χ0n) is 10.7. The van der Waals surface area contributed by atoms with Crippen molar-refractivity contribution in [2.45, 2.75) is 11.8 Å². The summed E-state index contributed by atoms with van der Waals surface area (Å²) in [4.78, 5) is 4.47. The van der Waals surface area contributed by atoms with Crippen LogP contribution in [0.3, 0.4) is 0 Å². The van der Waals surface area contributed by atoms with Gasteiger partial charge in [-0.25, -0.2) is 13.4 Å². The third-order valence-electron chi connectivity index (χ3n) is 2.97. The summed E-state index contributed by atoms with van der Waals surface area (Å²) in [6.07, 6.45) is 0. The fourth-order valence-corrected chi connectivity index (χ4v) is 4.00. The number of benzene rings is 2. The SMILES string of the molecule is Cc1ccccc1S(=O)(=O)Nc1ccc2ncsc2c1. The lowest BCUT2D eigenvalue weighted by Gasteiger charge is -2.10. The van der Waals surface area contributed by atoms with Crippen molar-refractivity contribution in [2.24, 2.45) is 0 Å². The molecule has 3 rings (SSSR count). The molecule has 2 aromatic carbocycles. The molecule has 0 radical (unpaired) electrons. The van der Waals surface area contributed by atoms with Crippen LogP contribution in [0.15, 0.2) is 52.9 Å². The predicted molar refractivity (Wildman–Crippen MR) is 81.6 cm³/mol. The Hall–Kier alpha value is -1.92. The van der Waals surface area contributed by atoms with Crippen molar-refractivity contribution >= 4 is 37.3 Å². The fraction of sp³-hybridized carbons (Fsp3) is 0.0714. The normalized spacial score (nSPS) is 11.7. The molecule has 6 heteroatoms. The highest BCUT2D eigenvalue weighted by molar-refractivity contribution is 7.92. The number of nitrogens with zero attached hydrogens (tertiary/aromatic N) is 1. The number of sulfonamides is 1. The summed E-state index contributed by atoms with van der Waals surface area (Å²) in [5, 5.41) is 0. The van der Waals surface area contributed by atoms with Gasteiger partial charge in [0.25, 0.3) is 10.0 Å². The maximum atomic E-state index is 12.4. The number of anilines is 1. The summed E-state index contributed by atoms with van der Waals surface area (Å²) in [5.74, 6) is 0. The van der Waals surface area contributed by atoms with Gasteiger partial charge in [0.2, 0.25) is 0 Å². The molecule has 4 nitrogen and oxygen atoms in total. The maximum absolute atomic E-state index is 12.4. The Bertz CT molecular complexity index is 870. The molecule has 0 aliphatic carbocycles. The van der Waals surface area contributed by atoms with Gasteiger partial charge in [-0.15, -0.1) is 11.3 Å². The number of hydrogen-bond acceptors (Lipinski definition) is 4. The number of hydrogen-bond donors (Lipinski definition) is 1. The number of aromatic nitrogens is 1. The second kappa shape index (κ2) is 4.88. The van der Waals surface area contributed by atoms with Crippen molar-refractivity contribution in [1.82, 2.24) is 4.98 Å². The smallest absolute Gasteiger partial charge is 0.262 e. The third kappa shape index (κ3) is 2.39. The van der Waals surface area contributed by atoms with Crippen LogP contribution in [0.4, 0.5) is 5.69 Å². The second-order valence-electron chi connectivity index (χ2n) is 4.41. The Kier molecular flexibility index (Phi) is 3.19. The van der Waals surface area contributed by atoms with Gasteiger partial charge in [-0.1, -0.05) is 18.2 Å². The van der Waals surface area contributed by atoms with E-state index in [0.717, 1.165) is 15.8 Å². The largest absolute Gasteiger partial charge is 0.280 e. The van der Waals surface area contributed by atoms with E-state index in [4.69, 9.17) is 0 Å². The first kappa shape index (κ1) is 13.1. The maximum Gasteiger partial charge on any atom is 0.262 e. The Morgan fingerprint density at radius 2 is 1.95 bits per heavy atom. The van der Waals surface area contributed by atoms with Crippen LogP contribution in [0.25, 0.3) is 10.2 Å². The standard InChI is InChI=1S/C14H12N2O2S2/c1-10-4-2-3-5-14(10)20(17,18)16-11-6-7-12-13(8-11)19-9-15-12/h2-9,16H,1H3. The molecule has 0 fully saturated rings. The van der Waals surface area contributed by atoms with Crippen LogP contribution < -0.4 is 4.72 Å². The van der Waals surface area contributed by atoms with Gasteiger partial charge in [-0.3, -0.25) is 4.72 Å². The highest BCUT2D eigenvalue weighted by Gasteiger charge is 2.16. The van der Waals surface area contributed by atoms with Crippen molar-refractivity contribution in [3.8, 4) is 0 Å². The Morgan fingerprint density at radius 3 is 2.75 bits per heavy atom. The molecule has 1 N–H and O–H groups in total. The number of aryl methyl sites for hydroxylation is 1. The quantitative estimate of drug-likeness (QED) is 0.806. The minimum atomic E-state index is -3.56. The van der Waals surface area contributed by atoms with E-state index in [-0.39, 0.29) is 0 Å². The molecule has 0 amide bonds. The second-order valence-corrected chi connectivity index (χ2v) is 6.94. The van der Waals surface area contributed by atoms with Crippen molar-refractivity contribution in [2.75, 3.05) is 4.72 Å². The number of fused-ring (bicyclic) bond motifs is 1. The molecule has 0 saturated carbocycles. The Labute approximate surface area is 121 Å². The van der Waals surface area contributed by atoms with E-state index in [0.29, 0.717) is 10.6 Å². The highest BCUT2D eigenvalue weighted by atomic mass is 32.2. The van der Waals surface area contributed by atoms with Crippen molar-refractivity contribution in [3.63, 3.8) is 0 Å². The van der Waals surface area contributed by atoms with Crippen LogP contribution >= 0.6 is 11.3 Å². The molecule has 20 heavy (non-hydrogen) atoms. The average Bonchev–Trinajstić information content (AvgIpc) is 2.86. The fourth-order valence-electron chi connectivity index (χ4n) is 1.99. The molecular formula is C14H12N2O2S2. The number of rotatable bonds is 3. The summed E-state index contributed by atoms with van der Waals surface area (Å²) in [6.45, 7) is 1.78. The Balaban J connectivity index is 1.99. The molecule has 0 aliphatic rings. The zero-order valence-corrected chi connectivity index (χ0v) is 12.3. The van der Waals surface area contributed by atoms with E-state index in [2.05, 4.69) is 9.71 Å². The molecule has 0 spiro atoms. The number of thiazole rings is 1. The van der Waals surface area contributed by atoms with Crippen molar-refractivity contribution in [3.05, 3.63) is 53.5 Å². The topological polar surface area (TPSA) is 59.1 Å². The summed E-state index contributed by atoms with van der Waals surface area (Å²) < 4.78 is 28.3. The molecule has 1 heterocycles. The molecule has 0 saturated heterocycles. The van der Waals surface area contributed by atoms with Crippen LogP contribution in [-0.2, 0) is 10.0 Å². The van der Waals surface area contributed by atoms with E-state index in [1.54, 1.807) is 42.8 Å². The van der Waals surface area contributed by atoms with Gasteiger partial charge in [0.15, 0.2) is 0 Å². The zero-order chi connectivity index (χ0) is 14.2. The lowest BCUT2D eigenvalue weighted by Crippen LogP contribution is -2.14. The van der Waals surface area contributed by atoms with Crippen molar-refractivity contribution in [1.29, 1.82) is 0 Å². The van der Waals surface area contributed by atoms with E-state index < -0.39 is 10.0 Å². The molecule has 1 aromatic heterocycles. The lowest BCUT2D eigenvalue weighted by atomic mass is 10.2. The van der Waals surface area contributed by atoms with E-state index in [1.165, 1.54) is 11.3 Å². The van der Waals surface area contributed by atoms with Crippen LogP contribution in [0.5, 0.6) is 0 Å². The van der Waals surface area contributed by atoms with Gasteiger partial charge in [0, 0.05) is 0 Å². The van der Waals surface area contributed by atoms with E-state index in [1.807, 2.05) is 12.1 Å². The Morgan fingerprint density at radius 1 is 1.15 bits per heavy atom. The van der Waals surface area contributed by atoms with E-state index in [9.17, 15) is 8.42 Å². The van der Waals surface area contributed by atoms with E-state index >= 15 is 0 Å². The summed E-state index contributed by atoms with van der Waals surface area (Å²) in [7, 11) is -3.56. The van der Waals surface area contributed by atoms with Crippen LogP contribution in [-0.4, -0.2) is 13.4 Å². The van der Waals surface area contributed by atoms with Crippen LogP contribution in [0.2, 0.25) is 0 Å². The minimum Gasteiger partial charge on any atom is -0.280 e. The molecule has 102 valence electrons. The van der Waals surface area contributed by atoms with Crippen molar-refractivity contribution < 1.29 is 8.42 Å². The number of nitrogens with one attached hydrogen (secondary N) is 1. The van der Waals surface area contributed by atoms with Gasteiger partial charge in [0.1, 0.15) is 0 Å². The summed E-state index contributed by atoms with van der Waals surface area (Å²) in [5.41, 5.74) is 3.88. The predicted octanol–water partition coefficient (Wildman–Crippen LogP) is 3.41. The first-order valence-electron chi connectivity index (χ1n) is 5.98. The average molecular weight is 304 g/mol. The van der Waals surface area contributed by atoms with Crippen LogP contribution in [0, 0.1) is 6.92 Å². The van der Waals surface area contributed by atoms with Gasteiger partial charge < -0.3 is 0 Å². The first-order chi connectivity index (χ1) is 9.56. The highest BCUT2D eigenvalue weighted by Crippen LogP contribution is 2.24. The molecule has 0 bridgehead atoms. The summed E-state index contributed by atoms with van der Waals surface area (Å²) >= 11 is 1.48. The monoisotopic (exact) mass is 304 g/mol. The molecule has 0 atom stereocenters. The van der Waals surface area contributed by atoms with Gasteiger partial charge in [-0.05, 0) is 36.8 Å². The van der Waals surface area contributed by atoms with Gasteiger partial charge in [0.05, 0.1) is 26.3 Å². The molecule has 0 unspecified atom stereocenters. The molecule has 3 aromatic rings. The third-order valence-corrected chi connectivity index (χ3v) is 5.30. The minimum absolute atomic E-state index is 0.296. The van der Waals surface area contributed by atoms with Gasteiger partial charge in [-0.2, -0.15) is 0 Å². The van der Waals surface area contributed by atoms with Crippen LogP contribution in [0.1, 0.15) is 5.56 Å².